The molecule has 2 aliphatic rings. The number of aromatic nitrogens is 1. The molecule has 1 amide bonds. The quantitative estimate of drug-likeness (QED) is 0.358. The molecule has 0 aliphatic carbocycles. The van der Waals surface area contributed by atoms with Gasteiger partial charge in [0, 0.05) is 50.5 Å². The zero-order valence-electron chi connectivity index (χ0n) is 22.1. The number of hydrogen-bond acceptors (Lipinski definition) is 8. The number of hydrogen-bond donors (Lipinski definition) is 1. The number of pyridine rings is 1. The summed E-state index contributed by atoms with van der Waals surface area (Å²) in [5.74, 6) is -0.675. The Kier molecular flexibility index (Phi) is 9.09. The number of carboxylic acid groups (broad SMARTS) is 1. The van der Waals surface area contributed by atoms with Crippen molar-refractivity contribution in [2.24, 2.45) is 0 Å². The summed E-state index contributed by atoms with van der Waals surface area (Å²) in [7, 11) is 0. The summed E-state index contributed by atoms with van der Waals surface area (Å²) in [6.45, 7) is 7.06. The number of para-hydroxylation sites is 1. The number of nitriles is 1. The fourth-order valence-corrected chi connectivity index (χ4v) is 6.15. The summed E-state index contributed by atoms with van der Waals surface area (Å²) in [5.41, 5.74) is 2.04. The van der Waals surface area contributed by atoms with Crippen molar-refractivity contribution >= 4 is 57.8 Å². The first kappa shape index (κ1) is 28.4. The van der Waals surface area contributed by atoms with Gasteiger partial charge in [0.25, 0.3) is 11.5 Å². The summed E-state index contributed by atoms with van der Waals surface area (Å²) < 4.78 is 1.98. The van der Waals surface area contributed by atoms with Crippen LogP contribution >= 0.6 is 24.0 Å². The number of rotatable bonds is 9. The summed E-state index contributed by atoms with van der Waals surface area (Å²) in [6, 6.07) is 12.3. The molecule has 0 atom stereocenters. The van der Waals surface area contributed by atoms with E-state index < -0.39 is 5.97 Å². The molecule has 0 unspecified atom stereocenters. The highest BCUT2D eigenvalue weighted by molar-refractivity contribution is 8.26. The smallest absolute Gasteiger partial charge is 0.305 e. The molecule has 1 aromatic heterocycles. The number of benzene rings is 1. The Labute approximate surface area is 237 Å². The third-order valence-electron chi connectivity index (χ3n) is 6.98. The molecule has 39 heavy (non-hydrogen) atoms. The van der Waals surface area contributed by atoms with Crippen LogP contribution in [0.3, 0.4) is 0 Å². The SMILES string of the molecule is CCCCn1c(N2CCN(c3ccccc3)CC2)c(/C=C2\SC(=S)N(CCC(=O)O)C2=O)c(C)c(C#N)c1=O. The number of unbranched alkanes of at least 4 members (excludes halogenated alkanes) is 1. The molecule has 2 saturated heterocycles. The normalized spacial score (nSPS) is 16.7. The predicted octanol–water partition coefficient (Wildman–Crippen LogP) is 3.83. The van der Waals surface area contributed by atoms with E-state index in [1.807, 2.05) is 25.1 Å². The van der Waals surface area contributed by atoms with Crippen molar-refractivity contribution in [2.45, 2.75) is 39.7 Å². The van der Waals surface area contributed by atoms with Gasteiger partial charge in [-0.2, -0.15) is 5.26 Å². The lowest BCUT2D eigenvalue weighted by Gasteiger charge is -2.39. The second kappa shape index (κ2) is 12.5. The number of carbonyl (C=O) groups is 2. The molecular formula is C28H31N5O4S2. The van der Waals surface area contributed by atoms with Gasteiger partial charge in [0.1, 0.15) is 21.8 Å². The van der Waals surface area contributed by atoms with E-state index in [2.05, 4.69) is 28.0 Å². The molecule has 0 radical (unpaired) electrons. The molecule has 0 saturated carbocycles. The molecule has 0 bridgehead atoms. The van der Waals surface area contributed by atoms with E-state index in [0.29, 0.717) is 45.8 Å². The average Bonchev–Trinajstić information content (AvgIpc) is 3.20. The number of carboxylic acids is 1. The standard InChI is InChI=1S/C28H31N5O4S2/c1-3-4-11-32-25(31-15-13-30(14-16-31)20-8-6-5-7-9-20)21(19(2)22(18-29)26(32)36)17-23-27(37)33(28(38)39-23)12-10-24(34)35/h5-9,17H,3-4,10-16H2,1-2H3,(H,34,35)/b23-17-. The van der Waals surface area contributed by atoms with Crippen LogP contribution in [-0.4, -0.2) is 63.5 Å². The van der Waals surface area contributed by atoms with Crippen LogP contribution in [0.1, 0.15) is 42.9 Å². The van der Waals surface area contributed by atoms with Crippen molar-refractivity contribution in [3.8, 4) is 6.07 Å². The minimum absolute atomic E-state index is 0.00985. The van der Waals surface area contributed by atoms with Crippen LogP contribution < -0.4 is 15.4 Å². The highest BCUT2D eigenvalue weighted by Crippen LogP contribution is 2.36. The predicted molar refractivity (Wildman–Crippen MR) is 158 cm³/mol. The first-order valence-electron chi connectivity index (χ1n) is 13.0. The van der Waals surface area contributed by atoms with Gasteiger partial charge in [0.05, 0.1) is 11.3 Å². The van der Waals surface area contributed by atoms with Gasteiger partial charge in [0.15, 0.2) is 0 Å². The summed E-state index contributed by atoms with van der Waals surface area (Å²) in [6.07, 6.45) is 3.15. The Morgan fingerprint density at radius 2 is 1.79 bits per heavy atom. The number of aliphatic carboxylic acids is 1. The van der Waals surface area contributed by atoms with Crippen LogP contribution in [0.5, 0.6) is 0 Å². The van der Waals surface area contributed by atoms with Gasteiger partial charge in [-0.15, -0.1) is 0 Å². The highest BCUT2D eigenvalue weighted by Gasteiger charge is 2.34. The summed E-state index contributed by atoms with van der Waals surface area (Å²) in [4.78, 5) is 43.9. The van der Waals surface area contributed by atoms with Crippen LogP contribution in [-0.2, 0) is 16.1 Å². The van der Waals surface area contributed by atoms with Gasteiger partial charge >= 0.3 is 5.97 Å². The van der Waals surface area contributed by atoms with E-state index in [9.17, 15) is 19.6 Å². The Hall–Kier alpha value is -3.62. The zero-order valence-corrected chi connectivity index (χ0v) is 23.7. The van der Waals surface area contributed by atoms with Crippen molar-refractivity contribution < 1.29 is 14.7 Å². The number of carbonyl (C=O) groups excluding carboxylic acids is 1. The monoisotopic (exact) mass is 565 g/mol. The van der Waals surface area contributed by atoms with Crippen molar-refractivity contribution in [3.05, 3.63) is 62.3 Å². The van der Waals surface area contributed by atoms with Crippen molar-refractivity contribution in [3.63, 3.8) is 0 Å². The zero-order chi connectivity index (χ0) is 28.1. The fourth-order valence-electron chi connectivity index (χ4n) is 4.86. The maximum atomic E-state index is 13.5. The number of amides is 1. The van der Waals surface area contributed by atoms with Gasteiger partial charge in [-0.3, -0.25) is 23.9 Å². The van der Waals surface area contributed by atoms with E-state index in [1.54, 1.807) is 17.6 Å². The van der Waals surface area contributed by atoms with E-state index >= 15 is 0 Å². The molecule has 2 aliphatic heterocycles. The van der Waals surface area contributed by atoms with Crippen LogP contribution in [0.2, 0.25) is 0 Å². The molecule has 3 heterocycles. The molecular weight excluding hydrogens is 534 g/mol. The molecule has 2 aromatic rings. The minimum atomic E-state index is -1.01. The fraction of sp³-hybridized carbons (Fsp3) is 0.393. The molecule has 9 nitrogen and oxygen atoms in total. The molecule has 4 rings (SSSR count). The average molecular weight is 566 g/mol. The van der Waals surface area contributed by atoms with Gasteiger partial charge < -0.3 is 14.9 Å². The second-order valence-electron chi connectivity index (χ2n) is 9.45. The molecule has 2 fully saturated rings. The summed E-state index contributed by atoms with van der Waals surface area (Å²) >= 11 is 6.49. The van der Waals surface area contributed by atoms with Gasteiger partial charge in [-0.05, 0) is 37.1 Å². The molecule has 1 N–H and O–H groups in total. The molecule has 204 valence electrons. The van der Waals surface area contributed by atoms with E-state index in [-0.39, 0.29) is 30.0 Å². The van der Waals surface area contributed by atoms with Crippen LogP contribution in [0, 0.1) is 18.3 Å². The van der Waals surface area contributed by atoms with Gasteiger partial charge in [-0.25, -0.2) is 0 Å². The van der Waals surface area contributed by atoms with Crippen LogP contribution in [0.25, 0.3) is 6.08 Å². The third kappa shape index (κ3) is 6.02. The molecule has 11 heteroatoms. The number of piperazine rings is 1. The Morgan fingerprint density at radius 3 is 2.41 bits per heavy atom. The van der Waals surface area contributed by atoms with E-state index in [1.165, 1.54) is 4.90 Å². The maximum Gasteiger partial charge on any atom is 0.305 e. The number of nitrogens with zero attached hydrogens (tertiary/aromatic N) is 5. The number of anilines is 2. The lowest BCUT2D eigenvalue weighted by molar-refractivity contribution is -0.137. The first-order chi connectivity index (χ1) is 18.8. The highest BCUT2D eigenvalue weighted by atomic mass is 32.2. The van der Waals surface area contributed by atoms with Crippen molar-refractivity contribution in [2.75, 3.05) is 42.5 Å². The molecule has 0 spiro atoms. The molecule has 1 aromatic carbocycles. The van der Waals surface area contributed by atoms with Crippen LogP contribution in [0.4, 0.5) is 11.5 Å². The topological polar surface area (TPSA) is 110 Å². The van der Waals surface area contributed by atoms with Crippen molar-refractivity contribution in [1.29, 1.82) is 5.26 Å². The number of thioether (sulfide) groups is 1. The Balaban J connectivity index is 1.78. The Bertz CT molecular complexity index is 1410. The first-order valence-corrected chi connectivity index (χ1v) is 14.2. The maximum absolute atomic E-state index is 13.5. The van der Waals surface area contributed by atoms with Crippen LogP contribution in [0.15, 0.2) is 40.0 Å². The number of thiocarbonyl (C=S) groups is 1. The Morgan fingerprint density at radius 1 is 1.13 bits per heavy atom. The third-order valence-corrected chi connectivity index (χ3v) is 8.36. The van der Waals surface area contributed by atoms with E-state index in [0.717, 1.165) is 43.4 Å². The van der Waals surface area contributed by atoms with Gasteiger partial charge in [0.2, 0.25) is 0 Å². The minimum Gasteiger partial charge on any atom is -0.481 e. The van der Waals surface area contributed by atoms with Crippen molar-refractivity contribution in [1.82, 2.24) is 9.47 Å². The van der Waals surface area contributed by atoms with Gasteiger partial charge in [-0.1, -0.05) is 55.5 Å². The largest absolute Gasteiger partial charge is 0.481 e. The summed E-state index contributed by atoms with van der Waals surface area (Å²) in [5, 5.41) is 19.0. The second-order valence-corrected chi connectivity index (χ2v) is 11.1. The van der Waals surface area contributed by atoms with E-state index in [4.69, 9.17) is 17.3 Å². The lowest BCUT2D eigenvalue weighted by Crippen LogP contribution is -2.48. The lowest BCUT2D eigenvalue weighted by atomic mass is 10.0.